The number of aromatic nitrogens is 2. The summed E-state index contributed by atoms with van der Waals surface area (Å²) in [6, 6.07) is 19.7. The molecule has 174 valence electrons. The number of nitrogens with one attached hydrogen (secondary N) is 1. The number of halogens is 1. The van der Waals surface area contributed by atoms with Crippen molar-refractivity contribution in [3.05, 3.63) is 94.5 Å². The SMILES string of the molecule is CCN(c1ccccc1)S(=O)(=O)c1ccc(Cl)c(NC(=O)Cn2cnc3ccccc3c2=O)c1. The van der Waals surface area contributed by atoms with E-state index in [1.165, 1.54) is 33.4 Å². The average molecular weight is 497 g/mol. The van der Waals surface area contributed by atoms with E-state index >= 15 is 0 Å². The molecule has 0 spiro atoms. The normalized spacial score (nSPS) is 11.4. The van der Waals surface area contributed by atoms with Gasteiger partial charge in [-0.05, 0) is 49.4 Å². The van der Waals surface area contributed by atoms with Crippen molar-refractivity contribution in [2.45, 2.75) is 18.4 Å². The maximum atomic E-state index is 13.3. The van der Waals surface area contributed by atoms with Gasteiger partial charge in [0.15, 0.2) is 0 Å². The summed E-state index contributed by atoms with van der Waals surface area (Å²) in [5.74, 6) is -0.550. The second-order valence-electron chi connectivity index (χ2n) is 7.39. The molecule has 1 amide bonds. The van der Waals surface area contributed by atoms with Gasteiger partial charge in [0.05, 0.1) is 38.5 Å². The minimum atomic E-state index is -3.91. The van der Waals surface area contributed by atoms with E-state index in [9.17, 15) is 18.0 Å². The van der Waals surface area contributed by atoms with E-state index in [0.29, 0.717) is 16.6 Å². The Bertz CT molecular complexity index is 1520. The summed E-state index contributed by atoms with van der Waals surface area (Å²) >= 11 is 6.23. The van der Waals surface area contributed by atoms with Gasteiger partial charge in [0, 0.05) is 6.54 Å². The van der Waals surface area contributed by atoms with Crippen LogP contribution < -0.4 is 15.2 Å². The van der Waals surface area contributed by atoms with Gasteiger partial charge < -0.3 is 5.32 Å². The van der Waals surface area contributed by atoms with Gasteiger partial charge in [-0.3, -0.25) is 18.5 Å². The van der Waals surface area contributed by atoms with Crippen LogP contribution >= 0.6 is 11.6 Å². The Kier molecular flexibility index (Phi) is 6.67. The Hall–Kier alpha value is -3.69. The van der Waals surface area contributed by atoms with Crippen molar-refractivity contribution in [3.63, 3.8) is 0 Å². The Morgan fingerprint density at radius 1 is 1.06 bits per heavy atom. The summed E-state index contributed by atoms with van der Waals surface area (Å²) < 4.78 is 29.0. The third-order valence-electron chi connectivity index (χ3n) is 5.18. The standard InChI is InChI=1S/C24H21ClN4O4S/c1-2-29(17-8-4-3-5-9-17)34(32,33)18-12-13-20(25)22(14-18)27-23(30)15-28-16-26-21-11-7-6-10-19(21)24(28)31/h3-14,16H,2,15H2,1H3,(H,27,30). The highest BCUT2D eigenvalue weighted by Gasteiger charge is 2.24. The number of amides is 1. The maximum absolute atomic E-state index is 13.3. The van der Waals surface area contributed by atoms with Gasteiger partial charge in [-0.1, -0.05) is 41.9 Å². The zero-order valence-electron chi connectivity index (χ0n) is 18.2. The van der Waals surface area contributed by atoms with Gasteiger partial charge in [-0.25, -0.2) is 13.4 Å². The maximum Gasteiger partial charge on any atom is 0.264 e. The Labute approximate surface area is 201 Å². The molecule has 1 N–H and O–H groups in total. The summed E-state index contributed by atoms with van der Waals surface area (Å²) in [5, 5.41) is 3.16. The highest BCUT2D eigenvalue weighted by atomic mass is 35.5. The largest absolute Gasteiger partial charge is 0.323 e. The van der Waals surface area contributed by atoms with Crippen LogP contribution in [0.1, 0.15) is 6.92 Å². The molecule has 0 saturated carbocycles. The number of fused-ring (bicyclic) bond motifs is 1. The second kappa shape index (κ2) is 9.66. The average Bonchev–Trinajstić information content (AvgIpc) is 2.83. The van der Waals surface area contributed by atoms with Crippen LogP contribution in [-0.4, -0.2) is 30.4 Å². The van der Waals surface area contributed by atoms with E-state index in [1.807, 2.05) is 0 Å². The summed E-state index contributed by atoms with van der Waals surface area (Å²) in [6.45, 7) is 1.64. The fourth-order valence-electron chi connectivity index (χ4n) is 3.54. The monoisotopic (exact) mass is 496 g/mol. The van der Waals surface area contributed by atoms with Gasteiger partial charge in [0.2, 0.25) is 5.91 Å². The molecule has 4 rings (SSSR count). The van der Waals surface area contributed by atoms with Crippen LogP contribution in [0.15, 0.2) is 88.8 Å². The van der Waals surface area contributed by atoms with Crippen molar-refractivity contribution in [2.24, 2.45) is 0 Å². The number of carbonyl (C=O) groups excluding carboxylic acids is 1. The first-order valence-corrected chi connectivity index (χ1v) is 12.2. The number of sulfonamides is 1. The second-order valence-corrected chi connectivity index (χ2v) is 9.66. The van der Waals surface area contributed by atoms with Crippen LogP contribution in [0.3, 0.4) is 0 Å². The molecule has 8 nitrogen and oxygen atoms in total. The Morgan fingerprint density at radius 2 is 1.76 bits per heavy atom. The molecule has 1 heterocycles. The molecule has 0 atom stereocenters. The van der Waals surface area contributed by atoms with Crippen molar-refractivity contribution >= 4 is 49.8 Å². The third kappa shape index (κ3) is 4.66. The lowest BCUT2D eigenvalue weighted by molar-refractivity contribution is -0.116. The van der Waals surface area contributed by atoms with Crippen molar-refractivity contribution in [1.82, 2.24) is 9.55 Å². The topological polar surface area (TPSA) is 101 Å². The highest BCUT2D eigenvalue weighted by molar-refractivity contribution is 7.92. The van der Waals surface area contributed by atoms with Gasteiger partial charge in [-0.15, -0.1) is 0 Å². The molecular formula is C24H21ClN4O4S. The molecule has 0 fully saturated rings. The van der Waals surface area contributed by atoms with Crippen LogP contribution in [0, 0.1) is 0 Å². The van der Waals surface area contributed by atoms with Crippen LogP contribution in [0.25, 0.3) is 10.9 Å². The molecule has 0 bridgehead atoms. The predicted octanol–water partition coefficient (Wildman–Crippen LogP) is 3.90. The lowest BCUT2D eigenvalue weighted by Gasteiger charge is -2.23. The number of nitrogens with zero attached hydrogens (tertiary/aromatic N) is 3. The number of anilines is 2. The minimum Gasteiger partial charge on any atom is -0.323 e. The molecule has 10 heteroatoms. The Balaban J connectivity index is 1.60. The van der Waals surface area contributed by atoms with E-state index in [-0.39, 0.29) is 34.3 Å². The van der Waals surface area contributed by atoms with E-state index < -0.39 is 15.9 Å². The van der Waals surface area contributed by atoms with E-state index in [4.69, 9.17) is 11.6 Å². The molecule has 0 radical (unpaired) electrons. The molecule has 3 aromatic carbocycles. The van der Waals surface area contributed by atoms with Crippen LogP contribution in [0.2, 0.25) is 5.02 Å². The smallest absolute Gasteiger partial charge is 0.264 e. The molecule has 0 saturated heterocycles. The van der Waals surface area contributed by atoms with Gasteiger partial charge in [0.1, 0.15) is 6.54 Å². The van der Waals surface area contributed by atoms with Crippen molar-refractivity contribution in [1.29, 1.82) is 0 Å². The molecule has 34 heavy (non-hydrogen) atoms. The first kappa shape index (κ1) is 23.5. The number of hydrogen-bond donors (Lipinski definition) is 1. The molecule has 4 aromatic rings. The highest BCUT2D eigenvalue weighted by Crippen LogP contribution is 2.29. The predicted molar refractivity (Wildman–Crippen MR) is 133 cm³/mol. The fraction of sp³-hybridized carbons (Fsp3) is 0.125. The van der Waals surface area contributed by atoms with Crippen molar-refractivity contribution in [3.8, 4) is 0 Å². The number of benzene rings is 3. The Morgan fingerprint density at radius 3 is 2.50 bits per heavy atom. The van der Waals surface area contributed by atoms with Crippen LogP contribution in [-0.2, 0) is 21.4 Å². The van der Waals surface area contributed by atoms with Gasteiger partial charge in [-0.2, -0.15) is 0 Å². The molecule has 0 unspecified atom stereocenters. The summed E-state index contributed by atoms with van der Waals surface area (Å²) in [4.78, 5) is 29.5. The summed E-state index contributed by atoms with van der Waals surface area (Å²) in [6.07, 6.45) is 1.30. The molecule has 0 aliphatic rings. The van der Waals surface area contributed by atoms with Gasteiger partial charge in [0.25, 0.3) is 15.6 Å². The number of para-hydroxylation sites is 2. The molecule has 0 aliphatic carbocycles. The lowest BCUT2D eigenvalue weighted by atomic mass is 10.2. The third-order valence-corrected chi connectivity index (χ3v) is 7.41. The zero-order valence-corrected chi connectivity index (χ0v) is 19.8. The number of rotatable bonds is 7. The quantitative estimate of drug-likeness (QED) is 0.418. The summed E-state index contributed by atoms with van der Waals surface area (Å²) in [5.41, 5.74) is 0.820. The zero-order chi connectivity index (χ0) is 24.3. The van der Waals surface area contributed by atoms with Crippen LogP contribution in [0.4, 0.5) is 11.4 Å². The van der Waals surface area contributed by atoms with E-state index in [2.05, 4.69) is 10.3 Å². The van der Waals surface area contributed by atoms with Crippen molar-refractivity contribution < 1.29 is 13.2 Å². The lowest BCUT2D eigenvalue weighted by Crippen LogP contribution is -2.31. The fourth-order valence-corrected chi connectivity index (χ4v) is 5.20. The van der Waals surface area contributed by atoms with Crippen molar-refractivity contribution in [2.75, 3.05) is 16.2 Å². The number of carbonyl (C=O) groups is 1. The summed E-state index contributed by atoms with van der Waals surface area (Å²) in [7, 11) is -3.91. The molecule has 1 aromatic heterocycles. The molecular weight excluding hydrogens is 476 g/mol. The van der Waals surface area contributed by atoms with E-state index in [1.54, 1.807) is 61.5 Å². The first-order valence-electron chi connectivity index (χ1n) is 10.4. The minimum absolute atomic E-state index is 0.0255. The molecule has 0 aliphatic heterocycles. The van der Waals surface area contributed by atoms with Crippen LogP contribution in [0.5, 0.6) is 0 Å². The number of hydrogen-bond acceptors (Lipinski definition) is 5. The first-order chi connectivity index (χ1) is 16.3. The van der Waals surface area contributed by atoms with Gasteiger partial charge >= 0.3 is 0 Å². The van der Waals surface area contributed by atoms with E-state index in [0.717, 1.165) is 0 Å².